The van der Waals surface area contributed by atoms with Crippen molar-refractivity contribution in [1.29, 1.82) is 0 Å². The number of hydrogen-bond donors (Lipinski definition) is 1. The van der Waals surface area contributed by atoms with Crippen LogP contribution in [0.25, 0.3) is 11.3 Å². The van der Waals surface area contributed by atoms with Crippen LogP contribution < -0.4 is 10.2 Å². The summed E-state index contributed by atoms with van der Waals surface area (Å²) >= 11 is 0. The summed E-state index contributed by atoms with van der Waals surface area (Å²) in [5.74, 6) is -0.403. The Balaban J connectivity index is 1.15. The molecule has 1 N–H and O–H groups in total. The fourth-order valence-electron chi connectivity index (χ4n) is 7.03. The first-order valence-electron chi connectivity index (χ1n) is 18.4. The number of rotatable bonds is 13. The Morgan fingerprint density at radius 1 is 0.889 bits per heavy atom. The van der Waals surface area contributed by atoms with E-state index in [4.69, 9.17) is 4.98 Å². The van der Waals surface area contributed by atoms with Crippen molar-refractivity contribution in [3.05, 3.63) is 113 Å². The number of amides is 1. The second-order valence-electron chi connectivity index (χ2n) is 14.2. The maximum Gasteiger partial charge on any atom is 0.416 e. The van der Waals surface area contributed by atoms with Crippen molar-refractivity contribution in [2.75, 3.05) is 70.6 Å². The number of halogens is 3. The summed E-state index contributed by atoms with van der Waals surface area (Å²) in [6, 6.07) is 20.7. The van der Waals surface area contributed by atoms with Crippen LogP contribution in [0.1, 0.15) is 57.7 Å². The number of likely N-dealkylation sites (N-methyl/N-ethyl adjacent to an activating group) is 1. The molecule has 4 heterocycles. The van der Waals surface area contributed by atoms with Gasteiger partial charge in [-0.1, -0.05) is 24.3 Å². The standard InChI is InChI=1S/C40H48F3N7O3S/c1-47(18-19-48-20-22-50(23-21-48)54(2,52)53)29-35-11-7-10-34(46-35)25-31-12-13-36(49-16-4-3-5-17-49)27-37(31)38-26-32(14-15-44-38)39(51)45-28-30-8-6-9-33(24-30)40(41,42)43/h6-15,24,26-27H,3-5,16-23,25,28-29H2,1-2H3,(H,45,51). The molecule has 2 aliphatic rings. The molecule has 0 spiro atoms. The van der Waals surface area contributed by atoms with Gasteiger partial charge in [-0.2, -0.15) is 17.5 Å². The van der Waals surface area contributed by atoms with Crippen LogP contribution in [0.4, 0.5) is 18.9 Å². The number of carbonyl (C=O) groups is 1. The van der Waals surface area contributed by atoms with Crippen molar-refractivity contribution in [3.63, 3.8) is 0 Å². The van der Waals surface area contributed by atoms with Crippen LogP contribution in [0.5, 0.6) is 0 Å². The quantitative estimate of drug-likeness (QED) is 0.186. The Morgan fingerprint density at radius 3 is 2.37 bits per heavy atom. The van der Waals surface area contributed by atoms with Gasteiger partial charge in [-0.25, -0.2) is 8.42 Å². The molecule has 2 fully saturated rings. The number of alkyl halides is 3. The van der Waals surface area contributed by atoms with Crippen molar-refractivity contribution in [1.82, 2.24) is 29.4 Å². The summed E-state index contributed by atoms with van der Waals surface area (Å²) in [5.41, 5.74) is 5.44. The lowest BCUT2D eigenvalue weighted by Crippen LogP contribution is -2.49. The molecular formula is C40H48F3N7O3S. The molecule has 10 nitrogen and oxygen atoms in total. The number of nitrogens with one attached hydrogen (secondary N) is 1. The van der Waals surface area contributed by atoms with Gasteiger partial charge in [0.25, 0.3) is 5.91 Å². The van der Waals surface area contributed by atoms with E-state index in [-0.39, 0.29) is 6.54 Å². The van der Waals surface area contributed by atoms with Gasteiger partial charge in [0, 0.05) is 101 Å². The first-order chi connectivity index (χ1) is 25.8. The fourth-order valence-corrected chi connectivity index (χ4v) is 7.86. The zero-order valence-corrected chi connectivity index (χ0v) is 31.7. The molecule has 14 heteroatoms. The number of piperidine rings is 1. The Morgan fingerprint density at radius 2 is 1.63 bits per heavy atom. The first kappa shape index (κ1) is 39.3. The first-order valence-corrected chi connectivity index (χ1v) is 20.3. The number of aromatic nitrogens is 2. The average molecular weight is 764 g/mol. The topological polar surface area (TPSA) is 102 Å². The van der Waals surface area contributed by atoms with Gasteiger partial charge in [-0.15, -0.1) is 0 Å². The van der Waals surface area contributed by atoms with Crippen molar-refractivity contribution < 1.29 is 26.4 Å². The third-order valence-corrected chi connectivity index (χ3v) is 11.4. The van der Waals surface area contributed by atoms with Gasteiger partial charge in [0.1, 0.15) is 0 Å². The molecule has 0 atom stereocenters. The van der Waals surface area contributed by atoms with Crippen LogP contribution in [-0.2, 0) is 35.7 Å². The van der Waals surface area contributed by atoms with Crippen LogP contribution in [0, 0.1) is 0 Å². The number of anilines is 1. The van der Waals surface area contributed by atoms with E-state index in [1.807, 2.05) is 18.2 Å². The minimum absolute atomic E-state index is 0.0460. The molecule has 0 radical (unpaired) electrons. The van der Waals surface area contributed by atoms with Crippen molar-refractivity contribution in [2.24, 2.45) is 0 Å². The van der Waals surface area contributed by atoms with Crippen molar-refractivity contribution >= 4 is 21.6 Å². The lowest BCUT2D eigenvalue weighted by atomic mass is 9.97. The molecule has 0 aliphatic carbocycles. The summed E-state index contributed by atoms with van der Waals surface area (Å²) in [4.78, 5) is 29.9. The molecule has 2 aromatic heterocycles. The molecule has 2 saturated heterocycles. The molecule has 4 aromatic rings. The molecule has 0 bridgehead atoms. The van der Waals surface area contributed by atoms with E-state index >= 15 is 0 Å². The van der Waals surface area contributed by atoms with Crippen LogP contribution in [0.15, 0.2) is 79.0 Å². The maximum absolute atomic E-state index is 13.3. The third kappa shape index (κ3) is 10.6. The zero-order valence-electron chi connectivity index (χ0n) is 30.9. The number of benzene rings is 2. The highest BCUT2D eigenvalue weighted by molar-refractivity contribution is 7.88. The maximum atomic E-state index is 13.3. The van der Waals surface area contributed by atoms with Crippen molar-refractivity contribution in [3.8, 4) is 11.3 Å². The summed E-state index contributed by atoms with van der Waals surface area (Å²) < 4.78 is 64.9. The minimum atomic E-state index is -4.46. The second kappa shape index (κ2) is 17.4. The third-order valence-electron chi connectivity index (χ3n) is 10.1. The number of pyridine rings is 2. The predicted molar refractivity (Wildman–Crippen MR) is 205 cm³/mol. The van der Waals surface area contributed by atoms with E-state index < -0.39 is 27.7 Å². The molecule has 54 heavy (non-hydrogen) atoms. The minimum Gasteiger partial charge on any atom is -0.372 e. The highest BCUT2D eigenvalue weighted by Crippen LogP contribution is 2.32. The molecule has 0 unspecified atom stereocenters. The van der Waals surface area contributed by atoms with Gasteiger partial charge < -0.3 is 10.2 Å². The highest BCUT2D eigenvalue weighted by atomic mass is 32.2. The van der Waals surface area contributed by atoms with Gasteiger partial charge in [-0.05, 0) is 86.0 Å². The summed E-state index contributed by atoms with van der Waals surface area (Å²) in [6.45, 7) is 6.69. The number of carbonyl (C=O) groups excluding carboxylic acids is 1. The SMILES string of the molecule is CN(CCN1CCN(S(C)(=O)=O)CC1)Cc1cccc(Cc2ccc(N3CCCCC3)cc2-c2cc(C(=O)NCc3cccc(C(F)(F)F)c3)ccn2)n1. The summed E-state index contributed by atoms with van der Waals surface area (Å²) in [5, 5.41) is 2.76. The second-order valence-corrected chi connectivity index (χ2v) is 16.2. The van der Waals surface area contributed by atoms with Gasteiger partial charge in [-0.3, -0.25) is 24.6 Å². The zero-order chi connectivity index (χ0) is 38.3. The van der Waals surface area contributed by atoms with Crippen LogP contribution >= 0.6 is 0 Å². The summed E-state index contributed by atoms with van der Waals surface area (Å²) in [6.07, 6.45) is 2.40. The van der Waals surface area contributed by atoms with E-state index in [9.17, 15) is 26.4 Å². The normalized spacial score (nSPS) is 16.1. The largest absolute Gasteiger partial charge is 0.416 e. The van der Waals surface area contributed by atoms with E-state index in [0.717, 1.165) is 92.4 Å². The molecular weight excluding hydrogens is 716 g/mol. The molecule has 2 aliphatic heterocycles. The molecule has 6 rings (SSSR count). The lowest BCUT2D eigenvalue weighted by molar-refractivity contribution is -0.137. The Hall–Kier alpha value is -4.37. The molecule has 2 aromatic carbocycles. The number of hydrogen-bond acceptors (Lipinski definition) is 8. The molecule has 1 amide bonds. The average Bonchev–Trinajstić information content (AvgIpc) is 3.16. The molecule has 0 saturated carbocycles. The van der Waals surface area contributed by atoms with E-state index in [0.29, 0.717) is 42.9 Å². The Labute approximate surface area is 316 Å². The van der Waals surface area contributed by atoms with Gasteiger partial charge in [0.15, 0.2) is 0 Å². The van der Waals surface area contributed by atoms with Crippen LogP contribution in [-0.4, -0.2) is 104 Å². The Kier molecular flexibility index (Phi) is 12.7. The smallest absolute Gasteiger partial charge is 0.372 e. The van der Waals surface area contributed by atoms with Crippen molar-refractivity contribution in [2.45, 2.75) is 44.9 Å². The number of sulfonamides is 1. The number of piperazine rings is 1. The van der Waals surface area contributed by atoms with Gasteiger partial charge in [0.05, 0.1) is 23.2 Å². The van der Waals surface area contributed by atoms with E-state index in [1.165, 1.54) is 23.0 Å². The van der Waals surface area contributed by atoms with Crippen LogP contribution in [0.3, 0.4) is 0 Å². The van der Waals surface area contributed by atoms with E-state index in [2.05, 4.69) is 50.2 Å². The molecule has 288 valence electrons. The van der Waals surface area contributed by atoms with Gasteiger partial charge in [0.2, 0.25) is 10.0 Å². The Bertz CT molecular complexity index is 2010. The monoisotopic (exact) mass is 763 g/mol. The number of nitrogens with zero attached hydrogens (tertiary/aromatic N) is 6. The highest BCUT2D eigenvalue weighted by Gasteiger charge is 2.30. The fraction of sp³-hybridized carbons (Fsp3) is 0.425. The predicted octanol–water partition coefficient (Wildman–Crippen LogP) is 5.68. The summed E-state index contributed by atoms with van der Waals surface area (Å²) in [7, 11) is -1.09. The lowest BCUT2D eigenvalue weighted by Gasteiger charge is -2.34. The van der Waals surface area contributed by atoms with Crippen LogP contribution in [0.2, 0.25) is 0 Å². The van der Waals surface area contributed by atoms with E-state index in [1.54, 1.807) is 24.4 Å². The van der Waals surface area contributed by atoms with Gasteiger partial charge >= 0.3 is 6.18 Å².